The Balaban J connectivity index is 1.85. The van der Waals surface area contributed by atoms with Crippen molar-refractivity contribution in [2.24, 2.45) is 0 Å². The first-order chi connectivity index (χ1) is 14.8. The molecule has 1 heterocycles. The molecular formula is C24H16BrFN2O3. The highest BCUT2D eigenvalue weighted by molar-refractivity contribution is 9.10. The van der Waals surface area contributed by atoms with Crippen LogP contribution in [0.4, 0.5) is 10.2 Å². The van der Waals surface area contributed by atoms with Crippen LogP contribution >= 0.6 is 15.9 Å². The third kappa shape index (κ3) is 4.04. The molecule has 0 unspecified atom stereocenters. The number of halogens is 2. The van der Waals surface area contributed by atoms with Crippen molar-refractivity contribution in [2.45, 2.75) is 6.92 Å². The Kier molecular flexibility index (Phi) is 5.52. The van der Waals surface area contributed by atoms with Gasteiger partial charge in [0.2, 0.25) is 0 Å². The molecule has 0 aliphatic rings. The van der Waals surface area contributed by atoms with E-state index in [1.165, 1.54) is 0 Å². The van der Waals surface area contributed by atoms with Gasteiger partial charge in [-0.05, 0) is 58.7 Å². The van der Waals surface area contributed by atoms with Crippen LogP contribution in [0.15, 0.2) is 71.3 Å². The maximum absolute atomic E-state index is 14.4. The number of aromatic nitrogens is 1. The van der Waals surface area contributed by atoms with E-state index in [0.29, 0.717) is 10.9 Å². The molecule has 31 heavy (non-hydrogen) atoms. The van der Waals surface area contributed by atoms with Crippen molar-refractivity contribution in [1.29, 1.82) is 0 Å². The quantitative estimate of drug-likeness (QED) is 0.373. The van der Waals surface area contributed by atoms with Crippen molar-refractivity contribution in [2.75, 3.05) is 5.32 Å². The highest BCUT2D eigenvalue weighted by atomic mass is 79.9. The first kappa shape index (κ1) is 20.7. The molecule has 154 valence electrons. The summed E-state index contributed by atoms with van der Waals surface area (Å²) in [5.74, 6) is -3.09. The fourth-order valence-electron chi connectivity index (χ4n) is 3.50. The number of amides is 1. The zero-order valence-electron chi connectivity index (χ0n) is 16.3. The molecule has 1 aromatic heterocycles. The highest BCUT2D eigenvalue weighted by Gasteiger charge is 2.20. The first-order valence-electron chi connectivity index (χ1n) is 9.33. The van der Waals surface area contributed by atoms with Gasteiger partial charge in [-0.3, -0.25) is 4.79 Å². The van der Waals surface area contributed by atoms with Crippen LogP contribution in [0.1, 0.15) is 26.3 Å². The van der Waals surface area contributed by atoms with Crippen LogP contribution in [0.3, 0.4) is 0 Å². The SMILES string of the molecule is Cc1c(-c2ccccc2)cc2ccc(Br)cc2c1C(=O)Nc1ncc(C(=O)O)cc1F. The number of rotatable bonds is 4. The van der Waals surface area contributed by atoms with Crippen molar-refractivity contribution in [1.82, 2.24) is 4.98 Å². The second-order valence-corrected chi connectivity index (χ2v) is 7.88. The number of carbonyl (C=O) groups is 2. The molecule has 0 saturated heterocycles. The predicted molar refractivity (Wildman–Crippen MR) is 121 cm³/mol. The van der Waals surface area contributed by atoms with Gasteiger partial charge in [-0.2, -0.15) is 0 Å². The number of hydrogen-bond acceptors (Lipinski definition) is 3. The van der Waals surface area contributed by atoms with E-state index in [1.54, 1.807) is 0 Å². The zero-order valence-corrected chi connectivity index (χ0v) is 17.9. The predicted octanol–water partition coefficient (Wildman–Crippen LogP) is 6.06. The summed E-state index contributed by atoms with van der Waals surface area (Å²) >= 11 is 3.44. The number of carboxylic acid groups (broad SMARTS) is 1. The van der Waals surface area contributed by atoms with Gasteiger partial charge in [0.05, 0.1) is 11.1 Å². The van der Waals surface area contributed by atoms with E-state index in [0.717, 1.165) is 38.8 Å². The van der Waals surface area contributed by atoms with Gasteiger partial charge >= 0.3 is 5.97 Å². The van der Waals surface area contributed by atoms with Crippen molar-refractivity contribution < 1.29 is 19.1 Å². The molecule has 0 saturated carbocycles. The topological polar surface area (TPSA) is 79.3 Å². The van der Waals surface area contributed by atoms with Crippen LogP contribution in [0.5, 0.6) is 0 Å². The third-order valence-corrected chi connectivity index (χ3v) is 5.49. The molecule has 0 fully saturated rings. The zero-order chi connectivity index (χ0) is 22.1. The van der Waals surface area contributed by atoms with Crippen molar-refractivity contribution in [3.05, 3.63) is 93.8 Å². The van der Waals surface area contributed by atoms with Gasteiger partial charge in [-0.1, -0.05) is 52.3 Å². The summed E-state index contributed by atoms with van der Waals surface area (Å²) in [6.07, 6.45) is 1.00. The minimum absolute atomic E-state index is 0.299. The molecule has 0 aliphatic heterocycles. The van der Waals surface area contributed by atoms with Crippen molar-refractivity contribution in [3.8, 4) is 11.1 Å². The van der Waals surface area contributed by atoms with Crippen LogP contribution in [0, 0.1) is 12.7 Å². The van der Waals surface area contributed by atoms with Gasteiger partial charge in [-0.25, -0.2) is 14.2 Å². The second kappa shape index (κ2) is 8.28. The minimum atomic E-state index is -1.30. The number of hydrogen-bond donors (Lipinski definition) is 2. The molecule has 0 bridgehead atoms. The van der Waals surface area contributed by atoms with Gasteiger partial charge in [0.15, 0.2) is 11.6 Å². The standard InChI is InChI=1S/C24H16BrFN2O3/c1-13-18(14-5-3-2-4-6-14)9-15-7-8-17(25)11-19(15)21(13)23(29)28-22-20(26)10-16(12-27-22)24(30)31/h2-12H,1H3,(H,30,31)(H,27,28,29). The molecule has 3 aromatic carbocycles. The van der Waals surface area contributed by atoms with E-state index < -0.39 is 17.7 Å². The smallest absolute Gasteiger partial charge is 0.337 e. The molecule has 0 radical (unpaired) electrons. The number of aromatic carboxylic acids is 1. The van der Waals surface area contributed by atoms with Crippen molar-refractivity contribution >= 4 is 44.4 Å². The summed E-state index contributed by atoms with van der Waals surface area (Å²) in [6, 6.07) is 18.1. The lowest BCUT2D eigenvalue weighted by Gasteiger charge is -2.16. The molecule has 0 aliphatic carbocycles. The van der Waals surface area contributed by atoms with E-state index in [4.69, 9.17) is 5.11 Å². The van der Waals surface area contributed by atoms with Crippen molar-refractivity contribution in [3.63, 3.8) is 0 Å². The van der Waals surface area contributed by atoms with Crippen LogP contribution < -0.4 is 5.32 Å². The molecule has 0 spiro atoms. The lowest BCUT2D eigenvalue weighted by atomic mass is 9.91. The summed E-state index contributed by atoms with van der Waals surface area (Å²) in [7, 11) is 0. The monoisotopic (exact) mass is 478 g/mol. The number of fused-ring (bicyclic) bond motifs is 1. The number of anilines is 1. The lowest BCUT2D eigenvalue weighted by Crippen LogP contribution is -2.17. The molecule has 0 atom stereocenters. The Morgan fingerprint density at radius 2 is 1.81 bits per heavy atom. The molecule has 7 heteroatoms. The summed E-state index contributed by atoms with van der Waals surface area (Å²) in [4.78, 5) is 28.0. The van der Waals surface area contributed by atoms with E-state index in [2.05, 4.69) is 26.2 Å². The van der Waals surface area contributed by atoms with Gasteiger partial charge in [0.1, 0.15) is 0 Å². The van der Waals surface area contributed by atoms with Gasteiger partial charge in [0.25, 0.3) is 5.91 Å². The fraction of sp³-hybridized carbons (Fsp3) is 0.0417. The maximum atomic E-state index is 14.4. The number of nitrogens with one attached hydrogen (secondary N) is 1. The molecule has 4 aromatic rings. The summed E-state index contributed by atoms with van der Waals surface area (Å²) in [5, 5.41) is 13.0. The molecular weight excluding hydrogens is 463 g/mol. The Hall–Kier alpha value is -3.58. The van der Waals surface area contributed by atoms with Gasteiger partial charge in [0, 0.05) is 10.7 Å². The largest absolute Gasteiger partial charge is 0.478 e. The summed E-state index contributed by atoms with van der Waals surface area (Å²) in [5.41, 5.74) is 2.66. The molecule has 1 amide bonds. The normalized spacial score (nSPS) is 10.8. The van der Waals surface area contributed by atoms with Gasteiger partial charge in [-0.15, -0.1) is 0 Å². The van der Waals surface area contributed by atoms with Crippen LogP contribution in [0.2, 0.25) is 0 Å². The molecule has 5 nitrogen and oxygen atoms in total. The Bertz CT molecular complexity index is 1340. The van der Waals surface area contributed by atoms with E-state index in [-0.39, 0.29) is 11.4 Å². The highest BCUT2D eigenvalue weighted by Crippen LogP contribution is 2.34. The number of carboxylic acids is 1. The number of carbonyl (C=O) groups excluding carboxylic acids is 1. The first-order valence-corrected chi connectivity index (χ1v) is 10.1. The number of benzene rings is 3. The maximum Gasteiger partial charge on any atom is 0.337 e. The van der Waals surface area contributed by atoms with Crippen LogP contribution in [0.25, 0.3) is 21.9 Å². The Labute approximate surface area is 185 Å². The fourth-order valence-corrected chi connectivity index (χ4v) is 3.86. The van der Waals surface area contributed by atoms with Crippen LogP contribution in [-0.4, -0.2) is 22.0 Å². The minimum Gasteiger partial charge on any atom is -0.478 e. The lowest BCUT2D eigenvalue weighted by molar-refractivity contribution is 0.0695. The number of pyridine rings is 1. The summed E-state index contributed by atoms with van der Waals surface area (Å²) in [6.45, 7) is 1.84. The Morgan fingerprint density at radius 3 is 2.48 bits per heavy atom. The van der Waals surface area contributed by atoms with E-state index >= 15 is 0 Å². The van der Waals surface area contributed by atoms with E-state index in [1.807, 2.05) is 61.5 Å². The van der Waals surface area contributed by atoms with E-state index in [9.17, 15) is 14.0 Å². The number of nitrogens with zero attached hydrogens (tertiary/aromatic N) is 1. The Morgan fingerprint density at radius 1 is 1.06 bits per heavy atom. The van der Waals surface area contributed by atoms with Gasteiger partial charge < -0.3 is 10.4 Å². The molecule has 2 N–H and O–H groups in total. The average molecular weight is 479 g/mol. The molecule has 4 rings (SSSR count). The van der Waals surface area contributed by atoms with Crippen LogP contribution in [-0.2, 0) is 0 Å². The summed E-state index contributed by atoms with van der Waals surface area (Å²) < 4.78 is 15.2. The third-order valence-electron chi connectivity index (χ3n) is 5.00. The average Bonchev–Trinajstić information content (AvgIpc) is 2.75. The second-order valence-electron chi connectivity index (χ2n) is 6.97.